The molecule has 136 heavy (non-hydrogen) atoms. The van der Waals surface area contributed by atoms with Crippen molar-refractivity contribution in [3.05, 3.63) is 179 Å². The number of β-lactam (4-membered cyclic amide) rings is 3. The topological polar surface area (TPSA) is 509 Å². The van der Waals surface area contributed by atoms with Gasteiger partial charge in [0.2, 0.25) is 0 Å². The summed E-state index contributed by atoms with van der Waals surface area (Å²) in [5.41, 5.74) is 13.5. The van der Waals surface area contributed by atoms with E-state index < -0.39 is 96.7 Å². The number of imide groups is 1. The van der Waals surface area contributed by atoms with Gasteiger partial charge in [-0.15, -0.1) is 5.06 Å². The molecule has 6 atom stereocenters. The van der Waals surface area contributed by atoms with E-state index in [0.717, 1.165) is 135 Å². The smallest absolute Gasteiger partial charge is 0.432 e. The van der Waals surface area contributed by atoms with Crippen LogP contribution in [-0.2, 0) is 99.0 Å². The zero-order valence-electron chi connectivity index (χ0n) is 77.0. The van der Waals surface area contributed by atoms with Crippen molar-refractivity contribution in [3.8, 4) is 34.5 Å². The molecule has 11 heterocycles. The van der Waals surface area contributed by atoms with Crippen molar-refractivity contribution >= 4 is 78.6 Å². The summed E-state index contributed by atoms with van der Waals surface area (Å²) >= 11 is 0. The Kier molecular flexibility index (Phi) is 35.2. The van der Waals surface area contributed by atoms with Crippen molar-refractivity contribution < 1.29 is 116 Å². The van der Waals surface area contributed by atoms with Crippen LogP contribution < -0.4 is 66.1 Å². The van der Waals surface area contributed by atoms with E-state index in [9.17, 15) is 72.7 Å². The molecule has 6 aromatic rings. The Labute approximate surface area is 791 Å². The zero-order chi connectivity index (χ0) is 97.1. The molecule has 17 rings (SSSR count). The Morgan fingerprint density at radius 2 is 0.699 bits per heavy atom. The first kappa shape index (κ1) is 102. The largest absolute Gasteiger partial charge is 0.731 e. The van der Waals surface area contributed by atoms with Gasteiger partial charge < -0.3 is 85.2 Å². The predicted octanol–water partition coefficient (Wildman–Crippen LogP) is 0.0554. The number of nitrogens with one attached hydrogen (secondary N) is 5. The average molecular weight is 1950 g/mol. The van der Waals surface area contributed by atoms with Crippen LogP contribution >= 0.6 is 0 Å². The molecule has 0 radical (unpaired) electrons. The van der Waals surface area contributed by atoms with Crippen LogP contribution in [-0.4, -0.2) is 371 Å². The molecular formula is C90H123N19O24S3. The minimum atomic E-state index is -4.64. The number of nitrogens with zero attached hydrogens (tertiary/aromatic N) is 12. The minimum Gasteiger partial charge on any atom is -0.731 e. The monoisotopic (exact) mass is 1950 g/mol. The highest BCUT2D eigenvalue weighted by Crippen LogP contribution is 2.38. The Balaban J connectivity index is 0.000000150. The zero-order valence-corrected chi connectivity index (χ0v) is 79.4. The lowest BCUT2D eigenvalue weighted by atomic mass is 10.0. The number of carbonyl (C=O) groups excluding carboxylic acids is 8. The van der Waals surface area contributed by atoms with Gasteiger partial charge in [-0.25, -0.2) is 35.7 Å². The Hall–Kier alpha value is -11.2. The van der Waals surface area contributed by atoms with E-state index in [4.69, 9.17) is 43.5 Å². The standard InChI is InChI=1S/C27H35N5O7S.C26H32N4O6.C21H29N3O2.C11H19N5O5S.C5H8N2O4S/c1-38-22-7-3-19(4-8-22)15-29-13-14-30(16-20-5-9-23(39-2)10-6-20)18-21(17-29)28-27(34)31-12-11-24-25(31)26(33)32(24)40(35,36)37;1-34-22-7-3-19(4-8-22)15-28-13-14-29(16-20-5-9-23(35-2)10-6-20)18-21(17-28)27-26(33)36-30-24(31)11-12-25(30)32;1-25-20-7-3-17(4-8-20)13-23-11-12-24(16-19(22)15-23)14-18-5-9-21(26-2)10-6-18;17-10-9-8(16(10)22(19,20)21)1-4-15(9)11(18)14-7-5-12-2-3-13-6-7;8-5-4-3(1-2-6-4)7(5)12(9,10)11/h3-10,21,24-25H,11-18H2,1-2H3,(H,28,34)(H,35,36,37);3-10,21H,11-18H2,1-2H3,(H,27,33);3-10,19H,11-16,22H2,1-2H3;7-9,12-13H,1-6H2,(H,14,18)(H,19,20,21);3-4,6H,1-2H2,(H,9,10,11)/t24-,25+;;;8-,9+;3-,4+/m1..11/s1. The SMILES string of the molecule is COc1ccc(CN2CCN(Cc3ccc(OC)cc3)CC(N)C2)cc1.COc1ccc(CN2CCN(Cc3ccc(OC)cc3)CC(NC(=O)N3CC[C@@H]4[C@H]3C(=O)N4S(=O)(=O)O)C2)cc1.COc1ccc(CN2CCN(Cc3ccc(OC)cc3)CC(NC(=O)ON3C(=O)CCC3=O)C2)cc1.O=C(NC1CNCCNC1)N1CC[C@@H]2[C@H]1C(=O)N2S(=O)(=O)O.O=C1[C@H]2[NH2+]CC[C@H]2N1S(=O)(=O)[O-]. The molecule has 0 spiro atoms. The molecule has 11 N–H and O–H groups in total. The number of methoxy groups -OCH3 is 6. The van der Waals surface area contributed by atoms with Gasteiger partial charge in [0.25, 0.3) is 29.5 Å². The molecule has 11 fully saturated rings. The summed E-state index contributed by atoms with van der Waals surface area (Å²) in [6, 6.07) is 43.3. The summed E-state index contributed by atoms with van der Waals surface area (Å²) in [4.78, 5) is 119. The normalized spacial score (nSPS) is 22.4. The number of fused-ring (bicyclic) bond motifs is 3. The van der Waals surface area contributed by atoms with E-state index in [1.807, 2.05) is 121 Å². The lowest BCUT2D eigenvalue weighted by Gasteiger charge is -2.42. The maximum atomic E-state index is 13.4. The first-order valence-corrected chi connectivity index (χ1v) is 49.3. The average Bonchev–Trinajstić information content (AvgIpc) is 1.56. The first-order chi connectivity index (χ1) is 65.1. The van der Waals surface area contributed by atoms with E-state index in [1.54, 1.807) is 48.0 Å². The van der Waals surface area contributed by atoms with Gasteiger partial charge in [0.1, 0.15) is 52.6 Å². The predicted molar refractivity (Wildman–Crippen MR) is 493 cm³/mol. The molecule has 11 saturated heterocycles. The number of quaternary nitrogens is 1. The molecule has 11 aliphatic rings. The van der Waals surface area contributed by atoms with Crippen LogP contribution in [0.25, 0.3) is 0 Å². The lowest BCUT2D eigenvalue weighted by Crippen LogP contribution is -2.95. The van der Waals surface area contributed by atoms with Gasteiger partial charge in [-0.1, -0.05) is 72.8 Å². The quantitative estimate of drug-likeness (QED) is 0.0208. The maximum absolute atomic E-state index is 13.4. The number of benzene rings is 6. The molecule has 11 aliphatic heterocycles. The number of hydrogen-bond acceptors (Lipinski definition) is 31. The van der Waals surface area contributed by atoms with Gasteiger partial charge in [0, 0.05) is 182 Å². The molecule has 740 valence electrons. The van der Waals surface area contributed by atoms with Gasteiger partial charge in [-0.2, -0.15) is 16.8 Å². The van der Waals surface area contributed by atoms with Crippen molar-refractivity contribution in [1.82, 2.24) is 83.8 Å². The van der Waals surface area contributed by atoms with Crippen LogP contribution in [0.2, 0.25) is 0 Å². The van der Waals surface area contributed by atoms with Crippen molar-refractivity contribution in [2.45, 2.75) is 132 Å². The third kappa shape index (κ3) is 27.0. The third-order valence-electron chi connectivity index (χ3n) is 25.5. The number of hydroxylamine groups is 2. The Morgan fingerprint density at radius 3 is 0.993 bits per heavy atom. The molecule has 0 saturated carbocycles. The van der Waals surface area contributed by atoms with Crippen molar-refractivity contribution in [1.29, 1.82) is 0 Å². The maximum Gasteiger partial charge on any atom is 0.432 e. The van der Waals surface area contributed by atoms with Crippen molar-refractivity contribution in [2.24, 2.45) is 5.73 Å². The van der Waals surface area contributed by atoms with E-state index in [1.165, 1.54) is 20.9 Å². The molecule has 0 aromatic heterocycles. The molecule has 46 heteroatoms. The van der Waals surface area contributed by atoms with Crippen LogP contribution in [0.5, 0.6) is 34.5 Å². The second-order valence-corrected chi connectivity index (χ2v) is 38.8. The molecule has 0 unspecified atom stereocenters. The molecular weight excluding hydrogens is 1830 g/mol. The fraction of sp³-hybridized carbons (Fsp3) is 0.511. The number of rotatable bonds is 25. The summed E-state index contributed by atoms with van der Waals surface area (Å²) in [6.07, 6.45) is 0.533. The Morgan fingerprint density at radius 1 is 0.404 bits per heavy atom. The summed E-state index contributed by atoms with van der Waals surface area (Å²) in [5.74, 6) is 1.88. The molecule has 10 amide bonds. The lowest BCUT2D eigenvalue weighted by molar-refractivity contribution is -0.664. The number of amides is 10. The molecule has 0 bridgehead atoms. The van der Waals surface area contributed by atoms with Crippen molar-refractivity contribution in [3.63, 3.8) is 0 Å². The fourth-order valence-corrected chi connectivity index (χ4v) is 21.4. The van der Waals surface area contributed by atoms with Gasteiger partial charge in [-0.05, 0) is 119 Å². The number of likely N-dealkylation sites (tertiary alicyclic amines) is 2. The summed E-state index contributed by atoms with van der Waals surface area (Å²) in [5, 5.41) is 17.5. The summed E-state index contributed by atoms with van der Waals surface area (Å²) < 4.78 is 128. The second-order valence-electron chi connectivity index (χ2n) is 35.0. The highest BCUT2D eigenvalue weighted by Gasteiger charge is 2.62. The second kappa shape index (κ2) is 46.8. The van der Waals surface area contributed by atoms with E-state index in [0.29, 0.717) is 109 Å². The summed E-state index contributed by atoms with van der Waals surface area (Å²) in [7, 11) is -3.80. The van der Waals surface area contributed by atoms with Crippen molar-refractivity contribution in [2.75, 3.05) is 167 Å². The van der Waals surface area contributed by atoms with Crippen LogP contribution in [0, 0.1) is 0 Å². The van der Waals surface area contributed by atoms with Gasteiger partial charge >= 0.3 is 38.8 Å². The van der Waals surface area contributed by atoms with Crippen LogP contribution in [0.4, 0.5) is 14.4 Å². The molecule has 6 aromatic carbocycles. The van der Waals surface area contributed by atoms with E-state index in [2.05, 4.69) is 80.2 Å². The number of carbonyl (C=O) groups is 8. The van der Waals surface area contributed by atoms with Crippen LogP contribution in [0.1, 0.15) is 65.5 Å². The number of nitrogens with two attached hydrogens (primary N) is 2. The summed E-state index contributed by atoms with van der Waals surface area (Å²) in [6.45, 7) is 18.3. The number of urea groups is 2. The highest BCUT2D eigenvalue weighted by molar-refractivity contribution is 7.84. The van der Waals surface area contributed by atoms with Gasteiger partial charge in [-0.3, -0.25) is 62.5 Å². The minimum absolute atomic E-state index is 0.0564. The number of ether oxygens (including phenoxy) is 6. The van der Waals surface area contributed by atoms with Gasteiger partial charge in [0.05, 0.1) is 79.4 Å². The van der Waals surface area contributed by atoms with Gasteiger partial charge in [0.15, 0.2) is 16.3 Å². The highest BCUT2D eigenvalue weighted by atomic mass is 32.2. The van der Waals surface area contributed by atoms with Crippen LogP contribution in [0.15, 0.2) is 146 Å². The van der Waals surface area contributed by atoms with Crippen LogP contribution in [0.3, 0.4) is 0 Å². The molecule has 0 aliphatic carbocycles. The molecule has 43 nitrogen and oxygen atoms in total. The van der Waals surface area contributed by atoms with E-state index in [-0.39, 0.29) is 68.2 Å². The Bertz CT molecular complexity index is 5240. The van der Waals surface area contributed by atoms with E-state index >= 15 is 0 Å². The number of hydrogen-bond donors (Lipinski definition) is 9. The fourth-order valence-electron chi connectivity index (χ4n) is 18.7. The third-order valence-corrected chi connectivity index (χ3v) is 28.4. The first-order valence-electron chi connectivity index (χ1n) is 45.2.